The van der Waals surface area contributed by atoms with E-state index in [1.807, 2.05) is 13.0 Å². The SMILES string of the molecule is CC=CC=CC(=O)N(CCOC)CC(=O)OC. The first-order chi connectivity index (χ1) is 8.15. The lowest BCUT2D eigenvalue weighted by Crippen LogP contribution is -2.37. The number of ether oxygens (including phenoxy) is 2. The molecule has 0 fully saturated rings. The molecule has 0 aromatic carbocycles. The van der Waals surface area contributed by atoms with Crippen molar-refractivity contribution in [1.82, 2.24) is 4.90 Å². The van der Waals surface area contributed by atoms with Crippen LogP contribution in [-0.4, -0.2) is 50.7 Å². The highest BCUT2D eigenvalue weighted by Crippen LogP contribution is 1.94. The van der Waals surface area contributed by atoms with Gasteiger partial charge in [0.2, 0.25) is 5.91 Å². The zero-order chi connectivity index (χ0) is 13.1. The third kappa shape index (κ3) is 7.30. The molecule has 0 saturated heterocycles. The average Bonchev–Trinajstić information content (AvgIpc) is 2.34. The van der Waals surface area contributed by atoms with Crippen LogP contribution in [0.3, 0.4) is 0 Å². The first-order valence-electron chi connectivity index (χ1n) is 5.29. The van der Waals surface area contributed by atoms with E-state index < -0.39 is 5.97 Å². The maximum Gasteiger partial charge on any atom is 0.325 e. The van der Waals surface area contributed by atoms with Gasteiger partial charge >= 0.3 is 5.97 Å². The van der Waals surface area contributed by atoms with Crippen LogP contribution in [0.15, 0.2) is 24.3 Å². The lowest BCUT2D eigenvalue weighted by atomic mass is 10.3. The summed E-state index contributed by atoms with van der Waals surface area (Å²) < 4.78 is 9.40. The van der Waals surface area contributed by atoms with E-state index in [4.69, 9.17) is 4.74 Å². The van der Waals surface area contributed by atoms with Crippen LogP contribution in [-0.2, 0) is 19.1 Å². The molecule has 0 unspecified atom stereocenters. The standard InChI is InChI=1S/C12H19NO4/c1-4-5-6-7-11(14)13(8-9-16-2)10-12(15)17-3/h4-7H,8-10H2,1-3H3. The smallest absolute Gasteiger partial charge is 0.325 e. The fraction of sp³-hybridized carbons (Fsp3) is 0.500. The Hall–Kier alpha value is -1.62. The van der Waals surface area contributed by atoms with Gasteiger partial charge in [-0.3, -0.25) is 9.59 Å². The minimum Gasteiger partial charge on any atom is -0.468 e. The number of nitrogens with zero attached hydrogens (tertiary/aromatic N) is 1. The van der Waals surface area contributed by atoms with E-state index in [9.17, 15) is 9.59 Å². The second-order valence-corrected chi connectivity index (χ2v) is 3.21. The molecule has 0 N–H and O–H groups in total. The minimum absolute atomic E-state index is 0.0706. The number of methoxy groups -OCH3 is 2. The molecule has 0 bridgehead atoms. The van der Waals surface area contributed by atoms with Crippen LogP contribution in [0.5, 0.6) is 0 Å². The van der Waals surface area contributed by atoms with E-state index in [-0.39, 0.29) is 12.5 Å². The van der Waals surface area contributed by atoms with Gasteiger partial charge in [-0.1, -0.05) is 18.2 Å². The molecule has 0 spiro atoms. The summed E-state index contributed by atoms with van der Waals surface area (Å²) in [6.45, 7) is 2.51. The van der Waals surface area contributed by atoms with Crippen LogP contribution in [0.4, 0.5) is 0 Å². The summed E-state index contributed by atoms with van der Waals surface area (Å²) in [5, 5.41) is 0. The number of rotatable bonds is 7. The third-order valence-electron chi connectivity index (χ3n) is 1.97. The Balaban J connectivity index is 4.43. The Labute approximate surface area is 102 Å². The number of hydrogen-bond acceptors (Lipinski definition) is 4. The van der Waals surface area contributed by atoms with Gasteiger partial charge in [-0.2, -0.15) is 0 Å². The largest absolute Gasteiger partial charge is 0.468 e. The summed E-state index contributed by atoms with van der Waals surface area (Å²) in [5.41, 5.74) is 0. The molecule has 1 amide bonds. The number of carbonyl (C=O) groups excluding carboxylic acids is 2. The highest BCUT2D eigenvalue weighted by Gasteiger charge is 2.14. The second kappa shape index (κ2) is 9.59. The summed E-state index contributed by atoms with van der Waals surface area (Å²) in [6.07, 6.45) is 6.58. The molecular formula is C12H19NO4. The van der Waals surface area contributed by atoms with Gasteiger partial charge in [0, 0.05) is 19.7 Å². The summed E-state index contributed by atoms with van der Waals surface area (Å²) in [7, 11) is 2.83. The van der Waals surface area contributed by atoms with Crippen LogP contribution in [0.1, 0.15) is 6.92 Å². The van der Waals surface area contributed by atoms with Crippen molar-refractivity contribution in [3.05, 3.63) is 24.3 Å². The molecule has 0 aliphatic carbocycles. The molecule has 0 heterocycles. The first-order valence-corrected chi connectivity index (χ1v) is 5.29. The van der Waals surface area contributed by atoms with E-state index in [1.54, 1.807) is 12.2 Å². The summed E-state index contributed by atoms with van der Waals surface area (Å²) in [6, 6.07) is 0. The fourth-order valence-corrected chi connectivity index (χ4v) is 1.04. The molecule has 0 aliphatic rings. The molecule has 0 saturated carbocycles. The van der Waals surface area contributed by atoms with Crippen LogP contribution < -0.4 is 0 Å². The van der Waals surface area contributed by atoms with Gasteiger partial charge in [-0.15, -0.1) is 0 Å². The molecular weight excluding hydrogens is 222 g/mol. The number of esters is 1. The molecule has 96 valence electrons. The lowest BCUT2D eigenvalue weighted by Gasteiger charge is -2.19. The van der Waals surface area contributed by atoms with Crippen LogP contribution in [0.2, 0.25) is 0 Å². The second-order valence-electron chi connectivity index (χ2n) is 3.21. The van der Waals surface area contributed by atoms with E-state index in [0.29, 0.717) is 13.2 Å². The highest BCUT2D eigenvalue weighted by molar-refractivity contribution is 5.90. The highest BCUT2D eigenvalue weighted by atomic mass is 16.5. The van der Waals surface area contributed by atoms with Crippen molar-refractivity contribution in [3.8, 4) is 0 Å². The Morgan fingerprint density at radius 2 is 1.94 bits per heavy atom. The predicted molar refractivity (Wildman–Crippen MR) is 64.4 cm³/mol. The van der Waals surface area contributed by atoms with Crippen molar-refractivity contribution in [2.24, 2.45) is 0 Å². The Morgan fingerprint density at radius 1 is 1.24 bits per heavy atom. The van der Waals surface area contributed by atoms with Gasteiger partial charge < -0.3 is 14.4 Å². The maximum absolute atomic E-state index is 11.7. The summed E-state index contributed by atoms with van der Waals surface area (Å²) in [5.74, 6) is -0.695. The number of allylic oxidation sites excluding steroid dienone is 3. The summed E-state index contributed by atoms with van der Waals surface area (Å²) in [4.78, 5) is 24.2. The van der Waals surface area contributed by atoms with E-state index in [1.165, 1.54) is 25.2 Å². The molecule has 5 nitrogen and oxygen atoms in total. The molecule has 17 heavy (non-hydrogen) atoms. The molecule has 0 atom stereocenters. The number of carbonyl (C=O) groups is 2. The van der Waals surface area contributed by atoms with Crippen molar-refractivity contribution in [3.63, 3.8) is 0 Å². The van der Waals surface area contributed by atoms with E-state index in [2.05, 4.69) is 4.74 Å². The normalized spacial score (nSPS) is 11.0. The molecule has 0 aliphatic heterocycles. The van der Waals surface area contributed by atoms with E-state index >= 15 is 0 Å². The number of amides is 1. The predicted octanol–water partition coefficient (Wildman–Crippen LogP) is 0.767. The van der Waals surface area contributed by atoms with Crippen molar-refractivity contribution in [2.75, 3.05) is 33.9 Å². The van der Waals surface area contributed by atoms with Crippen molar-refractivity contribution >= 4 is 11.9 Å². The Kier molecular flexibility index (Phi) is 8.68. The van der Waals surface area contributed by atoms with Crippen molar-refractivity contribution < 1.29 is 19.1 Å². The average molecular weight is 241 g/mol. The van der Waals surface area contributed by atoms with Crippen LogP contribution >= 0.6 is 0 Å². The minimum atomic E-state index is -0.450. The van der Waals surface area contributed by atoms with Gasteiger partial charge in [0.05, 0.1) is 13.7 Å². The third-order valence-corrected chi connectivity index (χ3v) is 1.97. The zero-order valence-corrected chi connectivity index (χ0v) is 10.5. The van der Waals surface area contributed by atoms with E-state index in [0.717, 1.165) is 0 Å². The van der Waals surface area contributed by atoms with Gasteiger partial charge in [-0.25, -0.2) is 0 Å². The lowest BCUT2D eigenvalue weighted by molar-refractivity contribution is -0.145. The van der Waals surface area contributed by atoms with Gasteiger partial charge in [0.25, 0.3) is 0 Å². The fourth-order valence-electron chi connectivity index (χ4n) is 1.04. The monoisotopic (exact) mass is 241 g/mol. The summed E-state index contributed by atoms with van der Waals surface area (Å²) >= 11 is 0. The first kappa shape index (κ1) is 15.4. The molecule has 0 aromatic heterocycles. The van der Waals surface area contributed by atoms with Gasteiger partial charge in [0.1, 0.15) is 6.54 Å². The molecule has 0 radical (unpaired) electrons. The van der Waals surface area contributed by atoms with Crippen LogP contribution in [0.25, 0.3) is 0 Å². The topological polar surface area (TPSA) is 55.8 Å². The Bertz CT molecular complexity index is 297. The zero-order valence-electron chi connectivity index (χ0n) is 10.5. The van der Waals surface area contributed by atoms with Gasteiger partial charge in [0.15, 0.2) is 0 Å². The quantitative estimate of drug-likeness (QED) is 0.375. The molecule has 0 rings (SSSR count). The van der Waals surface area contributed by atoms with Gasteiger partial charge in [-0.05, 0) is 6.92 Å². The Morgan fingerprint density at radius 3 is 2.47 bits per heavy atom. The molecule has 0 aromatic rings. The van der Waals surface area contributed by atoms with Crippen molar-refractivity contribution in [2.45, 2.75) is 6.92 Å². The maximum atomic E-state index is 11.7. The molecule has 5 heteroatoms. The van der Waals surface area contributed by atoms with Crippen LogP contribution in [0, 0.1) is 0 Å². The van der Waals surface area contributed by atoms with Crippen molar-refractivity contribution in [1.29, 1.82) is 0 Å². The number of hydrogen-bond donors (Lipinski definition) is 0.